The van der Waals surface area contributed by atoms with Gasteiger partial charge in [-0.05, 0) is 18.6 Å². The Morgan fingerprint density at radius 2 is 1.76 bits per heavy atom. The van der Waals surface area contributed by atoms with E-state index in [1.54, 1.807) is 32.4 Å². The molecule has 0 heterocycles. The third-order valence-corrected chi connectivity index (χ3v) is 4.69. The van der Waals surface area contributed by atoms with Crippen molar-refractivity contribution in [2.24, 2.45) is 0 Å². The predicted octanol–water partition coefficient (Wildman–Crippen LogP) is 2.16. The molecule has 0 aliphatic heterocycles. The van der Waals surface area contributed by atoms with E-state index in [2.05, 4.69) is 4.72 Å². The summed E-state index contributed by atoms with van der Waals surface area (Å²) in [6, 6.07) is 10.5. The Morgan fingerprint density at radius 3 is 2.43 bits per heavy atom. The molecular formula is C15H19NO4S. The first-order valence-corrected chi connectivity index (χ1v) is 8.13. The number of rotatable bonds is 7. The van der Waals surface area contributed by atoms with Crippen molar-refractivity contribution in [3.8, 4) is 5.75 Å². The van der Waals surface area contributed by atoms with Gasteiger partial charge in [-0.15, -0.1) is 0 Å². The summed E-state index contributed by atoms with van der Waals surface area (Å²) >= 11 is 0. The zero-order valence-electron chi connectivity index (χ0n) is 12.1. The molecule has 0 saturated carbocycles. The van der Waals surface area contributed by atoms with E-state index < -0.39 is 10.0 Å². The van der Waals surface area contributed by atoms with Crippen LogP contribution in [-0.2, 0) is 14.8 Å². The van der Waals surface area contributed by atoms with E-state index in [1.807, 2.05) is 18.2 Å². The van der Waals surface area contributed by atoms with Crippen LogP contribution < -0.4 is 9.46 Å². The van der Waals surface area contributed by atoms with Crippen molar-refractivity contribution in [2.75, 3.05) is 27.4 Å². The van der Waals surface area contributed by atoms with Gasteiger partial charge in [-0.3, -0.25) is 0 Å². The quantitative estimate of drug-likeness (QED) is 0.796. The van der Waals surface area contributed by atoms with Crippen molar-refractivity contribution in [3.63, 3.8) is 0 Å². The van der Waals surface area contributed by atoms with Crippen LogP contribution in [0.25, 0.3) is 10.8 Å². The topological polar surface area (TPSA) is 64.6 Å². The normalized spacial score (nSPS) is 11.7. The second-order valence-corrected chi connectivity index (χ2v) is 6.29. The molecule has 0 aromatic heterocycles. The lowest BCUT2D eigenvalue weighted by Gasteiger charge is -2.12. The van der Waals surface area contributed by atoms with Gasteiger partial charge in [0.1, 0.15) is 5.75 Å². The average Bonchev–Trinajstić information content (AvgIpc) is 2.50. The smallest absolute Gasteiger partial charge is 0.241 e. The largest absolute Gasteiger partial charge is 0.496 e. The summed E-state index contributed by atoms with van der Waals surface area (Å²) in [5.41, 5.74) is 0. The Labute approximate surface area is 124 Å². The number of ether oxygens (including phenoxy) is 2. The molecule has 0 radical (unpaired) electrons. The Bertz CT molecular complexity index is 713. The van der Waals surface area contributed by atoms with Crippen molar-refractivity contribution >= 4 is 20.8 Å². The van der Waals surface area contributed by atoms with Gasteiger partial charge in [0.05, 0.1) is 12.0 Å². The second-order valence-electron chi connectivity index (χ2n) is 4.56. The third-order valence-electron chi connectivity index (χ3n) is 3.17. The Morgan fingerprint density at radius 1 is 1.05 bits per heavy atom. The summed E-state index contributed by atoms with van der Waals surface area (Å²) in [7, 11) is -0.396. The first-order valence-electron chi connectivity index (χ1n) is 6.64. The number of fused-ring (bicyclic) bond motifs is 1. The molecule has 0 spiro atoms. The van der Waals surface area contributed by atoms with Crippen molar-refractivity contribution in [1.29, 1.82) is 0 Å². The molecule has 0 bridgehead atoms. The summed E-state index contributed by atoms with van der Waals surface area (Å²) < 4.78 is 37.6. The van der Waals surface area contributed by atoms with Crippen LogP contribution in [0.5, 0.6) is 5.75 Å². The first-order chi connectivity index (χ1) is 10.1. The van der Waals surface area contributed by atoms with E-state index in [0.717, 1.165) is 5.39 Å². The first kappa shape index (κ1) is 15.8. The van der Waals surface area contributed by atoms with E-state index in [9.17, 15) is 8.42 Å². The minimum absolute atomic E-state index is 0.260. The van der Waals surface area contributed by atoms with Crippen LogP contribution in [0.1, 0.15) is 6.42 Å². The predicted molar refractivity (Wildman–Crippen MR) is 82.2 cm³/mol. The number of hydrogen-bond acceptors (Lipinski definition) is 4. The highest BCUT2D eigenvalue weighted by Gasteiger charge is 2.18. The van der Waals surface area contributed by atoms with Crippen molar-refractivity contribution in [3.05, 3.63) is 36.4 Å². The van der Waals surface area contributed by atoms with Gasteiger partial charge >= 0.3 is 0 Å². The molecule has 0 aliphatic carbocycles. The van der Waals surface area contributed by atoms with Crippen LogP contribution >= 0.6 is 0 Å². The standard InChI is InChI=1S/C15H19NO4S/c1-19-11-5-10-16-21(17,18)15-9-8-14(20-2)12-6-3-4-7-13(12)15/h3-4,6-9,16H,5,10-11H2,1-2H3. The van der Waals surface area contributed by atoms with Crippen LogP contribution in [-0.4, -0.2) is 35.8 Å². The molecule has 6 heteroatoms. The maximum atomic E-state index is 12.4. The highest BCUT2D eigenvalue weighted by Crippen LogP contribution is 2.30. The van der Waals surface area contributed by atoms with Crippen LogP contribution in [0, 0.1) is 0 Å². The summed E-state index contributed by atoms with van der Waals surface area (Å²) in [6.45, 7) is 0.864. The third kappa shape index (κ3) is 3.53. The lowest BCUT2D eigenvalue weighted by atomic mass is 10.1. The van der Waals surface area contributed by atoms with Gasteiger partial charge in [0.2, 0.25) is 10.0 Å². The molecule has 2 rings (SSSR count). The number of sulfonamides is 1. The lowest BCUT2D eigenvalue weighted by molar-refractivity contribution is 0.196. The van der Waals surface area contributed by atoms with Crippen LogP contribution in [0.15, 0.2) is 41.3 Å². The fourth-order valence-electron chi connectivity index (χ4n) is 2.16. The minimum Gasteiger partial charge on any atom is -0.496 e. The molecule has 0 unspecified atom stereocenters. The molecule has 2 aromatic rings. The maximum Gasteiger partial charge on any atom is 0.241 e. The fraction of sp³-hybridized carbons (Fsp3) is 0.333. The zero-order valence-corrected chi connectivity index (χ0v) is 12.9. The Kier molecular flexibility index (Phi) is 5.17. The lowest BCUT2D eigenvalue weighted by Crippen LogP contribution is -2.25. The summed E-state index contributed by atoms with van der Waals surface area (Å²) in [5.74, 6) is 0.656. The van der Waals surface area contributed by atoms with Crippen LogP contribution in [0.4, 0.5) is 0 Å². The summed E-state index contributed by atoms with van der Waals surface area (Å²) in [5, 5.41) is 1.43. The monoisotopic (exact) mass is 309 g/mol. The van der Waals surface area contributed by atoms with Gasteiger partial charge in [0.25, 0.3) is 0 Å². The van der Waals surface area contributed by atoms with Crippen molar-refractivity contribution < 1.29 is 17.9 Å². The van der Waals surface area contributed by atoms with E-state index >= 15 is 0 Å². The molecule has 5 nitrogen and oxygen atoms in total. The molecule has 21 heavy (non-hydrogen) atoms. The van der Waals surface area contributed by atoms with Gasteiger partial charge in [-0.2, -0.15) is 0 Å². The van der Waals surface area contributed by atoms with E-state index in [1.165, 1.54) is 0 Å². The average molecular weight is 309 g/mol. The van der Waals surface area contributed by atoms with Gasteiger partial charge in [0, 0.05) is 31.0 Å². The molecule has 114 valence electrons. The molecule has 0 atom stereocenters. The minimum atomic E-state index is -3.55. The Hall–Kier alpha value is -1.63. The molecule has 0 saturated heterocycles. The Balaban J connectivity index is 2.37. The molecular weight excluding hydrogens is 290 g/mol. The van der Waals surface area contributed by atoms with Gasteiger partial charge in [0.15, 0.2) is 0 Å². The highest BCUT2D eigenvalue weighted by molar-refractivity contribution is 7.89. The number of nitrogens with one attached hydrogen (secondary N) is 1. The van der Waals surface area contributed by atoms with Gasteiger partial charge < -0.3 is 9.47 Å². The van der Waals surface area contributed by atoms with E-state index in [0.29, 0.717) is 30.7 Å². The fourth-order valence-corrected chi connectivity index (χ4v) is 3.44. The molecule has 0 amide bonds. The highest BCUT2D eigenvalue weighted by atomic mass is 32.2. The zero-order chi connectivity index (χ0) is 15.3. The maximum absolute atomic E-state index is 12.4. The second kappa shape index (κ2) is 6.89. The van der Waals surface area contributed by atoms with Crippen molar-refractivity contribution in [1.82, 2.24) is 4.72 Å². The van der Waals surface area contributed by atoms with E-state index in [-0.39, 0.29) is 4.90 Å². The molecule has 2 aromatic carbocycles. The van der Waals surface area contributed by atoms with Gasteiger partial charge in [-0.1, -0.05) is 24.3 Å². The molecule has 0 aliphatic rings. The summed E-state index contributed by atoms with van der Waals surface area (Å²) in [6.07, 6.45) is 0.629. The molecule has 0 fully saturated rings. The van der Waals surface area contributed by atoms with Crippen LogP contribution in [0.2, 0.25) is 0 Å². The number of benzene rings is 2. The number of methoxy groups -OCH3 is 2. The van der Waals surface area contributed by atoms with Crippen molar-refractivity contribution in [2.45, 2.75) is 11.3 Å². The van der Waals surface area contributed by atoms with Gasteiger partial charge in [-0.25, -0.2) is 13.1 Å². The summed E-state index contributed by atoms with van der Waals surface area (Å²) in [4.78, 5) is 0.260. The molecule has 1 N–H and O–H groups in total. The van der Waals surface area contributed by atoms with E-state index in [4.69, 9.17) is 9.47 Å². The van der Waals surface area contributed by atoms with Crippen LogP contribution in [0.3, 0.4) is 0 Å². The number of hydrogen-bond donors (Lipinski definition) is 1. The SMILES string of the molecule is COCCCNS(=O)(=O)c1ccc(OC)c2ccccc12.